The first-order valence-corrected chi connectivity index (χ1v) is 10.4. The van der Waals surface area contributed by atoms with Crippen LogP contribution in [0.1, 0.15) is 20.8 Å². The Morgan fingerprint density at radius 1 is 1.04 bits per heavy atom. The molecule has 1 amide bonds. The molecule has 5 heteroatoms. The summed E-state index contributed by atoms with van der Waals surface area (Å²) in [6, 6.07) is 20.3. The quantitative estimate of drug-likeness (QED) is 0.740. The van der Waals surface area contributed by atoms with Crippen LogP contribution >= 0.6 is 0 Å². The van der Waals surface area contributed by atoms with Gasteiger partial charge < -0.3 is 15.3 Å². The van der Waals surface area contributed by atoms with E-state index < -0.39 is 20.1 Å². The van der Waals surface area contributed by atoms with Gasteiger partial charge in [-0.2, -0.15) is 0 Å². The molecule has 0 saturated carbocycles. The van der Waals surface area contributed by atoms with Crippen molar-refractivity contribution in [1.82, 2.24) is 0 Å². The molecule has 0 heterocycles. The number of carbonyl (C=O) groups is 1. The van der Waals surface area contributed by atoms with Gasteiger partial charge >= 0.3 is 0 Å². The van der Waals surface area contributed by atoms with Gasteiger partial charge in [0.1, 0.15) is 0 Å². The summed E-state index contributed by atoms with van der Waals surface area (Å²) in [7, 11) is -2.69. The molecule has 2 aromatic carbocycles. The lowest BCUT2D eigenvalue weighted by molar-refractivity contribution is -0.124. The molecule has 1 unspecified atom stereocenters. The molecule has 0 saturated heterocycles. The summed E-state index contributed by atoms with van der Waals surface area (Å²) in [5.41, 5.74) is 5.40. The molecule has 25 heavy (non-hydrogen) atoms. The maximum Gasteiger partial charge on any atom is 0.261 e. The molecule has 2 aromatic rings. The minimum absolute atomic E-state index is 0.110. The predicted molar refractivity (Wildman–Crippen MR) is 103 cm³/mol. The maximum absolute atomic E-state index is 11.6. The highest BCUT2D eigenvalue weighted by Crippen LogP contribution is 2.36. The first-order valence-electron chi connectivity index (χ1n) is 8.48. The number of amides is 1. The third-order valence-corrected chi connectivity index (χ3v) is 9.55. The molecule has 0 aliphatic heterocycles. The number of hydrogen-bond donors (Lipinski definition) is 2. The summed E-state index contributed by atoms with van der Waals surface area (Å²) in [6.07, 6.45) is 0. The normalized spacial score (nSPS) is 13.4. The Balaban J connectivity index is 2.58. The van der Waals surface area contributed by atoms with E-state index in [1.165, 1.54) is 0 Å². The molecule has 0 radical (unpaired) electrons. The number of carbonyl (C=O) groups excluding carboxylic acids is 1. The van der Waals surface area contributed by atoms with Crippen molar-refractivity contribution in [3.05, 3.63) is 60.7 Å². The van der Waals surface area contributed by atoms with Crippen LogP contribution in [0.5, 0.6) is 0 Å². The summed E-state index contributed by atoms with van der Waals surface area (Å²) in [6.45, 7) is 6.29. The Labute approximate surface area is 150 Å². The molecule has 0 fully saturated rings. The van der Waals surface area contributed by atoms with Gasteiger partial charge in [0.25, 0.3) is 8.32 Å². The lowest BCUT2D eigenvalue weighted by Crippen LogP contribution is -2.67. The highest BCUT2D eigenvalue weighted by molar-refractivity contribution is 6.99. The Bertz CT molecular complexity index is 644. The molecule has 2 rings (SSSR count). The smallest absolute Gasteiger partial charge is 0.261 e. The van der Waals surface area contributed by atoms with E-state index >= 15 is 0 Å². The van der Waals surface area contributed by atoms with Gasteiger partial charge in [0.15, 0.2) is 0 Å². The van der Waals surface area contributed by atoms with Crippen molar-refractivity contribution in [3.63, 3.8) is 0 Å². The van der Waals surface area contributed by atoms with Crippen LogP contribution in [0.15, 0.2) is 60.7 Å². The molecule has 0 aromatic heterocycles. The minimum atomic E-state index is -2.69. The second kappa shape index (κ2) is 7.95. The van der Waals surface area contributed by atoms with Gasteiger partial charge in [0.05, 0.1) is 12.5 Å². The van der Waals surface area contributed by atoms with E-state index in [9.17, 15) is 9.90 Å². The monoisotopic (exact) mass is 357 g/mol. The van der Waals surface area contributed by atoms with Crippen LogP contribution < -0.4 is 16.1 Å². The molecule has 0 aliphatic carbocycles. The zero-order chi connectivity index (χ0) is 18.5. The first kappa shape index (κ1) is 19.4. The van der Waals surface area contributed by atoms with Crippen LogP contribution in [0.25, 0.3) is 0 Å². The van der Waals surface area contributed by atoms with E-state index in [-0.39, 0.29) is 18.3 Å². The van der Waals surface area contributed by atoms with Crippen LogP contribution in [0.3, 0.4) is 0 Å². The van der Waals surface area contributed by atoms with Crippen LogP contribution in [-0.2, 0) is 9.22 Å². The van der Waals surface area contributed by atoms with Crippen LogP contribution in [0.4, 0.5) is 0 Å². The van der Waals surface area contributed by atoms with Crippen LogP contribution in [-0.4, -0.2) is 32.5 Å². The molecule has 1 atom stereocenters. The van der Waals surface area contributed by atoms with Gasteiger partial charge in [-0.25, -0.2) is 0 Å². The molecule has 134 valence electrons. The number of benzene rings is 2. The number of aliphatic hydroxyl groups excluding tert-OH is 1. The molecular formula is C20H27NO3Si. The largest absolute Gasteiger partial charge is 0.407 e. The second-order valence-electron chi connectivity index (χ2n) is 7.26. The van der Waals surface area contributed by atoms with Crippen molar-refractivity contribution >= 4 is 24.6 Å². The first-order chi connectivity index (χ1) is 11.8. The number of nitrogens with two attached hydrogens (primary N) is 1. The van der Waals surface area contributed by atoms with Crippen molar-refractivity contribution in [2.24, 2.45) is 11.7 Å². The fourth-order valence-corrected chi connectivity index (χ4v) is 7.82. The second-order valence-corrected chi connectivity index (χ2v) is 11.6. The zero-order valence-electron chi connectivity index (χ0n) is 15.1. The highest BCUT2D eigenvalue weighted by atomic mass is 28.4. The predicted octanol–water partition coefficient (Wildman–Crippen LogP) is 1.66. The molecular weight excluding hydrogens is 330 g/mol. The molecule has 0 spiro atoms. The lowest BCUT2D eigenvalue weighted by Gasteiger charge is -2.43. The Kier molecular flexibility index (Phi) is 6.16. The highest BCUT2D eigenvalue weighted by Gasteiger charge is 2.50. The fourth-order valence-electron chi connectivity index (χ4n) is 3.21. The topological polar surface area (TPSA) is 72.6 Å². The molecule has 0 aliphatic rings. The molecule has 0 bridgehead atoms. The van der Waals surface area contributed by atoms with E-state index in [4.69, 9.17) is 10.2 Å². The van der Waals surface area contributed by atoms with Gasteiger partial charge in [0, 0.05) is 6.61 Å². The molecule has 4 nitrogen and oxygen atoms in total. The Morgan fingerprint density at radius 3 is 1.80 bits per heavy atom. The average molecular weight is 358 g/mol. The Hall–Kier alpha value is -1.95. The summed E-state index contributed by atoms with van der Waals surface area (Å²) >= 11 is 0. The number of primary amides is 1. The van der Waals surface area contributed by atoms with Crippen LogP contribution in [0, 0.1) is 5.92 Å². The molecule has 3 N–H and O–H groups in total. The van der Waals surface area contributed by atoms with Crippen LogP contribution in [0.2, 0.25) is 5.04 Å². The summed E-state index contributed by atoms with van der Waals surface area (Å²) in [5.74, 6) is -1.25. The van der Waals surface area contributed by atoms with Gasteiger partial charge in [-0.15, -0.1) is 0 Å². The SMILES string of the molecule is CC(C)(C)[Si](OCC(CO)C(N)=O)(c1ccccc1)c1ccccc1. The van der Waals surface area contributed by atoms with Crippen molar-refractivity contribution in [3.8, 4) is 0 Å². The summed E-state index contributed by atoms with van der Waals surface area (Å²) in [5, 5.41) is 11.6. The van der Waals surface area contributed by atoms with E-state index in [1.54, 1.807) is 0 Å². The fraction of sp³-hybridized carbons (Fsp3) is 0.350. The standard InChI is InChI=1S/C20H27NO3Si/c1-20(2,3)25(17-10-6-4-7-11-17,18-12-8-5-9-13-18)24-15-16(14-22)19(21)23/h4-13,16,22H,14-15H2,1-3H3,(H2,21,23). The third-order valence-electron chi connectivity index (χ3n) is 4.54. The van der Waals surface area contributed by atoms with Gasteiger partial charge in [-0.1, -0.05) is 81.4 Å². The average Bonchev–Trinajstić information content (AvgIpc) is 2.59. The van der Waals surface area contributed by atoms with Crippen molar-refractivity contribution < 1.29 is 14.3 Å². The number of rotatable bonds is 7. The van der Waals surface area contributed by atoms with Gasteiger partial charge in [-0.05, 0) is 15.4 Å². The van der Waals surface area contributed by atoms with E-state index in [2.05, 4.69) is 45.0 Å². The third kappa shape index (κ3) is 4.00. The maximum atomic E-state index is 11.6. The van der Waals surface area contributed by atoms with Gasteiger partial charge in [0.2, 0.25) is 5.91 Å². The van der Waals surface area contributed by atoms with Gasteiger partial charge in [-0.3, -0.25) is 4.79 Å². The summed E-state index contributed by atoms with van der Waals surface area (Å²) in [4.78, 5) is 11.6. The van der Waals surface area contributed by atoms with E-state index in [0.29, 0.717) is 0 Å². The van der Waals surface area contributed by atoms with Crippen molar-refractivity contribution in [1.29, 1.82) is 0 Å². The van der Waals surface area contributed by atoms with E-state index in [1.807, 2.05) is 36.4 Å². The number of aliphatic hydroxyl groups is 1. The lowest BCUT2D eigenvalue weighted by atomic mass is 10.2. The van der Waals surface area contributed by atoms with Crippen molar-refractivity contribution in [2.45, 2.75) is 25.8 Å². The Morgan fingerprint density at radius 2 is 1.48 bits per heavy atom. The minimum Gasteiger partial charge on any atom is -0.407 e. The zero-order valence-corrected chi connectivity index (χ0v) is 16.1. The van der Waals surface area contributed by atoms with E-state index in [0.717, 1.165) is 10.4 Å². The summed E-state index contributed by atoms with van der Waals surface area (Å²) < 4.78 is 6.56. The number of hydrogen-bond acceptors (Lipinski definition) is 3. The van der Waals surface area contributed by atoms with Crippen molar-refractivity contribution in [2.75, 3.05) is 13.2 Å².